The van der Waals surface area contributed by atoms with Crippen LogP contribution in [0.1, 0.15) is 6.42 Å². The molecule has 0 bridgehead atoms. The van der Waals surface area contributed by atoms with E-state index in [1.807, 2.05) is 60.7 Å². The number of benzene rings is 2. The predicted octanol–water partition coefficient (Wildman–Crippen LogP) is 2.31. The Morgan fingerprint density at radius 2 is 1.00 bits per heavy atom. The van der Waals surface area contributed by atoms with Crippen molar-refractivity contribution in [3.8, 4) is 0 Å². The molecule has 4 nitrogen and oxygen atoms in total. The predicted molar refractivity (Wildman–Crippen MR) is 78.5 cm³/mol. The lowest BCUT2D eigenvalue weighted by atomic mass is 10.3. The van der Waals surface area contributed by atoms with Crippen molar-refractivity contribution in [3.05, 3.63) is 60.7 Å². The van der Waals surface area contributed by atoms with E-state index >= 15 is 0 Å². The maximum Gasteiger partial charge on any atom is 0.127 e. The van der Waals surface area contributed by atoms with Crippen molar-refractivity contribution in [3.63, 3.8) is 0 Å². The highest BCUT2D eigenvalue weighted by Gasteiger charge is 1.73. The van der Waals surface area contributed by atoms with Crippen LogP contribution in [0, 0.1) is 0 Å². The molecular weight excluding hydrogens is 240 g/mol. The summed E-state index contributed by atoms with van der Waals surface area (Å²) < 4.78 is 0. The van der Waals surface area contributed by atoms with Gasteiger partial charge in [-0.25, -0.2) is 0 Å². The molecule has 0 spiro atoms. The highest BCUT2D eigenvalue weighted by Crippen LogP contribution is 1.96. The van der Waals surface area contributed by atoms with Gasteiger partial charge in [-0.05, 0) is 24.3 Å². The Kier molecular flexibility index (Phi) is 10.2. The minimum absolute atomic E-state index is 0.0278. The van der Waals surface area contributed by atoms with Crippen molar-refractivity contribution in [2.75, 3.05) is 11.5 Å². The van der Waals surface area contributed by atoms with E-state index in [4.69, 9.17) is 11.5 Å². The number of nitrogens with two attached hydrogens (primary N) is 2. The molecule has 0 heterocycles. The summed E-state index contributed by atoms with van der Waals surface area (Å²) >= 11 is 0. The monoisotopic (exact) mass is 258 g/mol. The number of carbonyl (C=O) groups excluding carboxylic acids is 2. The van der Waals surface area contributed by atoms with E-state index in [0.717, 1.165) is 11.4 Å². The number of hydrogen-bond donors (Lipinski definition) is 2. The molecule has 4 heteroatoms. The Balaban J connectivity index is 0.000000261. The van der Waals surface area contributed by atoms with Crippen molar-refractivity contribution in [1.82, 2.24) is 0 Å². The summed E-state index contributed by atoms with van der Waals surface area (Å²) in [6.45, 7) is 0. The molecule has 0 aliphatic rings. The molecule has 0 fully saturated rings. The Morgan fingerprint density at radius 3 is 1.11 bits per heavy atom. The maximum atomic E-state index is 9.17. The molecule has 0 aliphatic carbocycles. The number of aldehydes is 2. The van der Waals surface area contributed by atoms with Crippen LogP contribution in [-0.4, -0.2) is 12.6 Å². The fourth-order valence-corrected chi connectivity index (χ4v) is 0.945. The Hall–Kier alpha value is -2.62. The van der Waals surface area contributed by atoms with E-state index in [0.29, 0.717) is 12.6 Å². The second-order valence-electron chi connectivity index (χ2n) is 3.39. The second kappa shape index (κ2) is 11.9. The molecule has 0 aromatic heterocycles. The zero-order chi connectivity index (χ0) is 14.3. The van der Waals surface area contributed by atoms with Crippen LogP contribution in [-0.2, 0) is 9.59 Å². The van der Waals surface area contributed by atoms with Gasteiger partial charge in [0, 0.05) is 11.4 Å². The molecule has 2 aromatic carbocycles. The molecule has 0 unspecified atom stereocenters. The first kappa shape index (κ1) is 16.4. The van der Waals surface area contributed by atoms with Crippen LogP contribution in [0.3, 0.4) is 0 Å². The minimum atomic E-state index is 0.0278. The van der Waals surface area contributed by atoms with E-state index < -0.39 is 0 Å². The molecule has 19 heavy (non-hydrogen) atoms. The molecule has 0 radical (unpaired) electrons. The standard InChI is InChI=1S/2C6H7N.C3H4O2/c2*7-6-4-2-1-3-5-6;4-2-1-3-5/h2*1-5H,7H2;2-3H,1H2. The first-order valence-corrected chi connectivity index (χ1v) is 5.69. The Morgan fingerprint density at radius 1 is 0.684 bits per heavy atom. The van der Waals surface area contributed by atoms with Gasteiger partial charge in [-0.2, -0.15) is 0 Å². The molecule has 2 aromatic rings. The van der Waals surface area contributed by atoms with Gasteiger partial charge >= 0.3 is 0 Å². The van der Waals surface area contributed by atoms with Crippen molar-refractivity contribution in [2.45, 2.75) is 6.42 Å². The molecule has 0 aliphatic heterocycles. The molecule has 2 rings (SSSR count). The SMILES string of the molecule is Nc1ccccc1.Nc1ccccc1.O=CCC=O. The highest BCUT2D eigenvalue weighted by atomic mass is 16.1. The van der Waals surface area contributed by atoms with Crippen molar-refractivity contribution in [1.29, 1.82) is 0 Å². The first-order chi connectivity index (χ1) is 9.20. The lowest BCUT2D eigenvalue weighted by Gasteiger charge is -1.83. The van der Waals surface area contributed by atoms with E-state index in [1.54, 1.807) is 0 Å². The third-order valence-corrected chi connectivity index (χ3v) is 1.79. The van der Waals surface area contributed by atoms with Gasteiger partial charge in [0.1, 0.15) is 12.6 Å². The third-order valence-electron chi connectivity index (χ3n) is 1.79. The Bertz CT molecular complexity index is 401. The topological polar surface area (TPSA) is 86.2 Å². The maximum absolute atomic E-state index is 9.17. The summed E-state index contributed by atoms with van der Waals surface area (Å²) in [5.74, 6) is 0. The molecule has 0 amide bonds. The van der Waals surface area contributed by atoms with Gasteiger partial charge in [-0.1, -0.05) is 36.4 Å². The zero-order valence-corrected chi connectivity index (χ0v) is 10.6. The summed E-state index contributed by atoms with van der Waals surface area (Å²) in [5.41, 5.74) is 12.4. The number of carbonyl (C=O) groups is 2. The molecular formula is C15H18N2O2. The van der Waals surface area contributed by atoms with Gasteiger partial charge in [0.05, 0.1) is 6.42 Å². The van der Waals surface area contributed by atoms with Crippen LogP contribution in [0.25, 0.3) is 0 Å². The molecule has 0 saturated carbocycles. The average Bonchev–Trinajstić information content (AvgIpc) is 2.43. The number of nitrogen functional groups attached to an aromatic ring is 2. The normalized spacial score (nSPS) is 8.00. The largest absolute Gasteiger partial charge is 0.399 e. The van der Waals surface area contributed by atoms with Crippen LogP contribution in [0.15, 0.2) is 60.7 Å². The fourth-order valence-electron chi connectivity index (χ4n) is 0.945. The Labute approximate surface area is 113 Å². The number of anilines is 2. The minimum Gasteiger partial charge on any atom is -0.399 e. The van der Waals surface area contributed by atoms with Gasteiger partial charge < -0.3 is 21.1 Å². The number of hydrogen-bond acceptors (Lipinski definition) is 4. The quantitative estimate of drug-likeness (QED) is 0.491. The third kappa shape index (κ3) is 11.6. The van der Waals surface area contributed by atoms with Crippen LogP contribution in [0.5, 0.6) is 0 Å². The van der Waals surface area contributed by atoms with Gasteiger partial charge in [-0.15, -0.1) is 0 Å². The van der Waals surface area contributed by atoms with Crippen LogP contribution in [0.4, 0.5) is 11.4 Å². The van der Waals surface area contributed by atoms with Gasteiger partial charge in [-0.3, -0.25) is 0 Å². The van der Waals surface area contributed by atoms with Crippen molar-refractivity contribution >= 4 is 23.9 Å². The van der Waals surface area contributed by atoms with E-state index in [1.165, 1.54) is 0 Å². The summed E-state index contributed by atoms with van der Waals surface area (Å²) in [5, 5.41) is 0. The second-order valence-corrected chi connectivity index (χ2v) is 3.39. The van der Waals surface area contributed by atoms with Crippen LogP contribution >= 0.6 is 0 Å². The summed E-state index contributed by atoms with van der Waals surface area (Å²) in [4.78, 5) is 18.3. The van der Waals surface area contributed by atoms with Crippen molar-refractivity contribution in [2.24, 2.45) is 0 Å². The molecule has 0 atom stereocenters. The molecule has 100 valence electrons. The summed E-state index contributed by atoms with van der Waals surface area (Å²) in [7, 11) is 0. The van der Waals surface area contributed by atoms with Crippen LogP contribution < -0.4 is 11.5 Å². The molecule has 4 N–H and O–H groups in total. The van der Waals surface area contributed by atoms with E-state index in [9.17, 15) is 9.59 Å². The lowest BCUT2D eigenvalue weighted by molar-refractivity contribution is -0.114. The van der Waals surface area contributed by atoms with Gasteiger partial charge in [0.2, 0.25) is 0 Å². The summed E-state index contributed by atoms with van der Waals surface area (Å²) in [6.07, 6.45) is 1.15. The van der Waals surface area contributed by atoms with E-state index in [2.05, 4.69) is 0 Å². The highest BCUT2D eigenvalue weighted by molar-refractivity contribution is 5.72. The first-order valence-electron chi connectivity index (χ1n) is 5.69. The molecule has 0 saturated heterocycles. The fraction of sp³-hybridized carbons (Fsp3) is 0.0667. The number of para-hydroxylation sites is 2. The average molecular weight is 258 g/mol. The van der Waals surface area contributed by atoms with Crippen molar-refractivity contribution < 1.29 is 9.59 Å². The van der Waals surface area contributed by atoms with Gasteiger partial charge in [0.15, 0.2) is 0 Å². The smallest absolute Gasteiger partial charge is 0.127 e. The lowest BCUT2D eigenvalue weighted by Crippen LogP contribution is -1.79. The van der Waals surface area contributed by atoms with Gasteiger partial charge in [0.25, 0.3) is 0 Å². The van der Waals surface area contributed by atoms with Crippen LogP contribution in [0.2, 0.25) is 0 Å². The van der Waals surface area contributed by atoms with E-state index in [-0.39, 0.29) is 6.42 Å². The zero-order valence-electron chi connectivity index (χ0n) is 10.6. The summed E-state index contributed by atoms with van der Waals surface area (Å²) in [6, 6.07) is 19.0. The number of rotatable bonds is 2.